The molecule has 0 bridgehead atoms. The third-order valence-corrected chi connectivity index (χ3v) is 8.16. The van der Waals surface area contributed by atoms with E-state index in [1.165, 1.54) is 19.2 Å². The number of halogens is 2. The van der Waals surface area contributed by atoms with Crippen LogP contribution in [0.3, 0.4) is 0 Å². The topological polar surface area (TPSA) is 128 Å². The number of ether oxygens (including phenoxy) is 1. The van der Waals surface area contributed by atoms with E-state index in [2.05, 4.69) is 20.4 Å². The van der Waals surface area contributed by atoms with Crippen molar-refractivity contribution in [2.45, 2.75) is 30.7 Å². The number of nitrogens with one attached hydrogen (secondary N) is 2. The molecule has 13 heteroatoms. The normalized spacial score (nSPS) is 14.2. The highest BCUT2D eigenvalue weighted by Crippen LogP contribution is 2.34. The fourth-order valence-corrected chi connectivity index (χ4v) is 5.83. The van der Waals surface area contributed by atoms with E-state index in [1.54, 1.807) is 23.3 Å². The Morgan fingerprint density at radius 1 is 1.10 bits per heavy atom. The Bertz CT molecular complexity index is 1710. The number of nitrogens with zero attached hydrogens (tertiary/aromatic N) is 4. The van der Waals surface area contributed by atoms with Gasteiger partial charge in [-0.1, -0.05) is 41.9 Å². The molecule has 1 aliphatic rings. The van der Waals surface area contributed by atoms with Crippen molar-refractivity contribution in [3.8, 4) is 17.1 Å². The predicted octanol–water partition coefficient (Wildman–Crippen LogP) is 4.76. The van der Waals surface area contributed by atoms with Crippen molar-refractivity contribution >= 4 is 33.2 Å². The van der Waals surface area contributed by atoms with Crippen LogP contribution in [0.4, 0.5) is 9.18 Å². The first-order valence-electron chi connectivity index (χ1n) is 12.7. The largest absolute Gasteiger partial charge is 0.495 e. The third kappa shape index (κ3) is 6.39. The number of amides is 2. The minimum absolute atomic E-state index is 0.0648. The molecule has 0 atom stereocenters. The Morgan fingerprint density at radius 2 is 1.85 bits per heavy atom. The van der Waals surface area contributed by atoms with Crippen LogP contribution in [0.1, 0.15) is 29.7 Å². The first-order valence-corrected chi connectivity index (χ1v) is 14.5. The van der Waals surface area contributed by atoms with E-state index >= 15 is 4.39 Å². The minimum atomic E-state index is -4.25. The van der Waals surface area contributed by atoms with Crippen molar-refractivity contribution in [2.24, 2.45) is 0 Å². The Labute approximate surface area is 241 Å². The highest BCUT2D eigenvalue weighted by atomic mass is 35.5. The van der Waals surface area contributed by atoms with E-state index < -0.39 is 28.4 Å². The fourth-order valence-electron chi connectivity index (χ4n) is 4.56. The van der Waals surface area contributed by atoms with Gasteiger partial charge in [-0.2, -0.15) is 5.10 Å². The maximum absolute atomic E-state index is 15.4. The van der Waals surface area contributed by atoms with Gasteiger partial charge in [0.15, 0.2) is 5.82 Å². The van der Waals surface area contributed by atoms with E-state index in [4.69, 9.17) is 16.3 Å². The van der Waals surface area contributed by atoms with Crippen molar-refractivity contribution in [3.05, 3.63) is 94.8 Å². The van der Waals surface area contributed by atoms with Crippen molar-refractivity contribution in [2.75, 3.05) is 13.7 Å². The monoisotopic (exact) mass is 596 g/mol. The zero-order chi connectivity index (χ0) is 29.0. The van der Waals surface area contributed by atoms with Crippen molar-refractivity contribution in [1.29, 1.82) is 0 Å². The fraction of sp³-hybridized carbons (Fsp3) is 0.214. The van der Waals surface area contributed by atoms with Crippen LogP contribution in [-0.4, -0.2) is 47.9 Å². The van der Waals surface area contributed by atoms with Crippen LogP contribution in [0.2, 0.25) is 5.02 Å². The molecule has 2 aromatic carbocycles. The summed E-state index contributed by atoms with van der Waals surface area (Å²) in [5.74, 6) is 0.305. The van der Waals surface area contributed by atoms with Gasteiger partial charge in [0.2, 0.25) is 0 Å². The number of aryl methyl sites for hydroxylation is 1. The van der Waals surface area contributed by atoms with E-state index in [9.17, 15) is 13.2 Å². The summed E-state index contributed by atoms with van der Waals surface area (Å²) in [7, 11) is -2.86. The number of benzene rings is 2. The summed E-state index contributed by atoms with van der Waals surface area (Å²) < 4.78 is 49.2. The van der Waals surface area contributed by atoms with Crippen LogP contribution < -0.4 is 14.8 Å². The maximum atomic E-state index is 15.4. The molecule has 1 aliphatic carbocycles. The summed E-state index contributed by atoms with van der Waals surface area (Å²) >= 11 is 6.00. The molecule has 5 rings (SSSR count). The number of hydrogen-bond acceptors (Lipinski definition) is 7. The van der Waals surface area contributed by atoms with Gasteiger partial charge in [0.05, 0.1) is 42.0 Å². The molecule has 2 N–H and O–H groups in total. The zero-order valence-electron chi connectivity index (χ0n) is 22.0. The lowest BCUT2D eigenvalue weighted by molar-refractivity contribution is 0.246. The van der Waals surface area contributed by atoms with Crippen LogP contribution in [0, 0.1) is 0 Å². The average molecular weight is 597 g/mol. The van der Waals surface area contributed by atoms with E-state index in [0.717, 1.165) is 35.6 Å². The van der Waals surface area contributed by atoms with Gasteiger partial charge in [-0.05, 0) is 43.0 Å². The molecule has 0 radical (unpaired) electrons. The molecule has 2 amide bonds. The molecule has 2 heterocycles. The minimum Gasteiger partial charge on any atom is -0.495 e. The second-order valence-electron chi connectivity index (χ2n) is 9.28. The second-order valence-corrected chi connectivity index (χ2v) is 11.4. The van der Waals surface area contributed by atoms with Gasteiger partial charge in [-0.3, -0.25) is 4.68 Å². The number of fused-ring (bicyclic) bond motifs is 1. The van der Waals surface area contributed by atoms with Gasteiger partial charge < -0.3 is 10.1 Å². The predicted molar refractivity (Wildman–Crippen MR) is 151 cm³/mol. The van der Waals surface area contributed by atoms with Crippen LogP contribution in [0.25, 0.3) is 17.0 Å². The molecule has 2 aromatic heterocycles. The second kappa shape index (κ2) is 12.1. The highest BCUT2D eigenvalue weighted by Gasteiger charge is 2.24. The lowest BCUT2D eigenvalue weighted by Crippen LogP contribution is -2.40. The summed E-state index contributed by atoms with van der Waals surface area (Å²) in [6.07, 6.45) is 7.05. The Kier molecular flexibility index (Phi) is 8.31. The maximum Gasteiger partial charge on any atom is 0.329 e. The lowest BCUT2D eigenvalue weighted by Gasteiger charge is -2.19. The molecule has 41 heavy (non-hydrogen) atoms. The third-order valence-electron chi connectivity index (χ3n) is 6.54. The van der Waals surface area contributed by atoms with E-state index in [1.807, 2.05) is 35.1 Å². The van der Waals surface area contributed by atoms with Gasteiger partial charge in [-0.15, -0.1) is 0 Å². The lowest BCUT2D eigenvalue weighted by atomic mass is 9.92. The number of rotatable bonds is 8. The average Bonchev–Trinajstić information content (AvgIpc) is 3.39. The van der Waals surface area contributed by atoms with Crippen LogP contribution in [0.5, 0.6) is 5.75 Å². The SMILES string of the molecule is COc1ccc(S(=O)(=O)NC(=O)NC/C(F)=C2\CCCc3cnn(Cc4cnc(-c5ccccc5)nc4)c32)cc1Cl. The number of aromatic nitrogens is 4. The van der Waals surface area contributed by atoms with Crippen molar-refractivity contribution in [1.82, 2.24) is 29.8 Å². The number of hydrogen-bond donors (Lipinski definition) is 2. The van der Waals surface area contributed by atoms with Crippen molar-refractivity contribution < 1.29 is 22.3 Å². The van der Waals surface area contributed by atoms with Gasteiger partial charge in [0.25, 0.3) is 10.0 Å². The van der Waals surface area contributed by atoms with Gasteiger partial charge in [-0.25, -0.2) is 32.3 Å². The molecule has 0 aliphatic heterocycles. The molecule has 0 saturated carbocycles. The number of urea groups is 1. The van der Waals surface area contributed by atoms with Crippen LogP contribution in [-0.2, 0) is 23.0 Å². The molecule has 0 spiro atoms. The molecule has 212 valence electrons. The number of carbonyl (C=O) groups excluding carboxylic acids is 1. The van der Waals surface area contributed by atoms with Crippen LogP contribution >= 0.6 is 11.6 Å². The van der Waals surface area contributed by atoms with E-state index in [0.29, 0.717) is 30.1 Å². The highest BCUT2D eigenvalue weighted by molar-refractivity contribution is 7.90. The quantitative estimate of drug-likeness (QED) is 0.300. The molecule has 0 saturated heterocycles. The summed E-state index contributed by atoms with van der Waals surface area (Å²) in [5.41, 5.74) is 3.65. The van der Waals surface area contributed by atoms with Gasteiger partial charge in [0, 0.05) is 29.1 Å². The molecular weight excluding hydrogens is 571 g/mol. The Morgan fingerprint density at radius 3 is 2.56 bits per heavy atom. The zero-order valence-corrected chi connectivity index (χ0v) is 23.5. The molecule has 0 unspecified atom stereocenters. The smallest absolute Gasteiger partial charge is 0.329 e. The first kappa shape index (κ1) is 28.2. The summed E-state index contributed by atoms with van der Waals surface area (Å²) in [5, 5.41) is 6.82. The molecule has 10 nitrogen and oxygen atoms in total. The molecule has 4 aromatic rings. The Balaban J connectivity index is 1.28. The molecule has 0 fully saturated rings. The molecular formula is C28H26ClFN6O4S. The standard InChI is InChI=1S/C28H26ClFN6O4S/c1-40-25-11-10-21(12-23(25)29)41(38,39)35-28(37)33-16-24(30)22-9-5-8-20-15-34-36(26(20)22)17-18-13-31-27(32-14-18)19-6-3-2-4-7-19/h2-4,6-7,10-15H,5,8-9,16-17H2,1H3,(H2,33,35,37)/b24-22-. The van der Waals surface area contributed by atoms with Gasteiger partial charge >= 0.3 is 6.03 Å². The Hall–Kier alpha value is -4.29. The van der Waals surface area contributed by atoms with Crippen LogP contribution in [0.15, 0.2) is 77.8 Å². The first-order chi connectivity index (χ1) is 19.7. The van der Waals surface area contributed by atoms with E-state index in [-0.39, 0.29) is 15.7 Å². The number of sulfonamides is 1. The number of allylic oxidation sites excluding steroid dienone is 1. The summed E-state index contributed by atoms with van der Waals surface area (Å²) in [6.45, 7) is -0.169. The number of carbonyl (C=O) groups is 1. The summed E-state index contributed by atoms with van der Waals surface area (Å²) in [4.78, 5) is 21.1. The van der Waals surface area contributed by atoms with Crippen molar-refractivity contribution in [3.63, 3.8) is 0 Å². The van der Waals surface area contributed by atoms with Gasteiger partial charge in [0.1, 0.15) is 11.6 Å². The summed E-state index contributed by atoms with van der Waals surface area (Å²) in [6, 6.07) is 12.3. The number of methoxy groups -OCH3 is 1.